The Labute approximate surface area is 128 Å². The van der Waals surface area contributed by atoms with Crippen LogP contribution < -0.4 is 0 Å². The highest BCUT2D eigenvalue weighted by Gasteiger charge is 2.15. The number of nitrogens with zero attached hydrogens (tertiary/aromatic N) is 2. The first-order valence-electron chi connectivity index (χ1n) is 6.64. The number of thioether (sulfide) groups is 1. The number of nitriles is 2. The van der Waals surface area contributed by atoms with Gasteiger partial charge in [-0.3, -0.25) is 0 Å². The molecule has 0 saturated carbocycles. The van der Waals surface area contributed by atoms with E-state index in [-0.39, 0.29) is 5.57 Å². The van der Waals surface area contributed by atoms with E-state index in [1.165, 1.54) is 11.8 Å². The van der Waals surface area contributed by atoms with Crippen LogP contribution in [0.5, 0.6) is 0 Å². The Balaban J connectivity index is 2.55. The number of nitrogens with one attached hydrogen (secondary N) is 1. The molecule has 4 heteroatoms. The molecule has 2 aromatic rings. The Morgan fingerprint density at radius 1 is 1.19 bits per heavy atom. The van der Waals surface area contributed by atoms with Gasteiger partial charge in [0.2, 0.25) is 0 Å². The van der Waals surface area contributed by atoms with E-state index in [1.54, 1.807) is 0 Å². The van der Waals surface area contributed by atoms with Gasteiger partial charge in [0.15, 0.2) is 0 Å². The van der Waals surface area contributed by atoms with Crippen LogP contribution in [0.1, 0.15) is 18.2 Å². The number of hydrogen-bond donors (Lipinski definition) is 1. The summed E-state index contributed by atoms with van der Waals surface area (Å²) < 4.78 is 0. The summed E-state index contributed by atoms with van der Waals surface area (Å²) in [4.78, 5) is 4.09. The molecule has 0 aliphatic rings. The van der Waals surface area contributed by atoms with E-state index in [2.05, 4.69) is 4.98 Å². The number of rotatable bonds is 4. The zero-order valence-corrected chi connectivity index (χ0v) is 12.8. The van der Waals surface area contributed by atoms with Gasteiger partial charge < -0.3 is 4.98 Å². The molecule has 0 aliphatic heterocycles. The second-order valence-corrected chi connectivity index (χ2v) is 5.72. The molecule has 1 aromatic heterocycles. The lowest BCUT2D eigenvalue weighted by Crippen LogP contribution is -1.87. The molecule has 104 valence electrons. The molecular weight excluding hydrogens is 278 g/mol. The molecule has 2 rings (SSSR count). The second-order valence-electron chi connectivity index (χ2n) is 4.45. The van der Waals surface area contributed by atoms with Crippen molar-refractivity contribution in [3.05, 3.63) is 53.2 Å². The predicted octanol–water partition coefficient (Wildman–Crippen LogP) is 4.50. The van der Waals surface area contributed by atoms with Gasteiger partial charge in [-0.15, -0.1) is 11.8 Å². The summed E-state index contributed by atoms with van der Waals surface area (Å²) in [6, 6.07) is 16.0. The minimum atomic E-state index is 0.170. The summed E-state index contributed by atoms with van der Waals surface area (Å²) in [5.41, 5.74) is 4.14. The van der Waals surface area contributed by atoms with E-state index >= 15 is 0 Å². The smallest absolute Gasteiger partial charge is 0.143 e. The molecule has 0 bridgehead atoms. The number of hydrogen-bond acceptors (Lipinski definition) is 3. The van der Waals surface area contributed by atoms with E-state index in [1.807, 2.05) is 62.4 Å². The van der Waals surface area contributed by atoms with E-state index in [4.69, 9.17) is 10.5 Å². The van der Waals surface area contributed by atoms with Gasteiger partial charge in [-0.25, -0.2) is 0 Å². The molecule has 1 N–H and O–H groups in total. The molecular formula is C17H15N3S. The van der Waals surface area contributed by atoms with E-state index < -0.39 is 0 Å². The Hall–Kier alpha value is -2.43. The highest BCUT2D eigenvalue weighted by atomic mass is 32.2. The monoisotopic (exact) mass is 293 g/mol. The fourth-order valence-corrected chi connectivity index (χ4v) is 3.01. The number of benzene rings is 1. The van der Waals surface area contributed by atoms with Crippen LogP contribution in [0.2, 0.25) is 0 Å². The maximum atomic E-state index is 9.15. The molecule has 0 saturated heterocycles. The lowest BCUT2D eigenvalue weighted by Gasteiger charge is -2.04. The van der Waals surface area contributed by atoms with Gasteiger partial charge in [-0.05, 0) is 24.3 Å². The molecule has 3 nitrogen and oxygen atoms in total. The molecule has 0 amide bonds. The van der Waals surface area contributed by atoms with Gasteiger partial charge in [0, 0.05) is 21.9 Å². The van der Waals surface area contributed by atoms with Gasteiger partial charge in [0.25, 0.3) is 0 Å². The average Bonchev–Trinajstić information content (AvgIpc) is 2.90. The van der Waals surface area contributed by atoms with Crippen LogP contribution >= 0.6 is 11.8 Å². The predicted molar refractivity (Wildman–Crippen MR) is 87.2 cm³/mol. The minimum absolute atomic E-state index is 0.170. The van der Waals surface area contributed by atoms with Crippen LogP contribution in [0.3, 0.4) is 0 Å². The zero-order valence-electron chi connectivity index (χ0n) is 12.0. The third-order valence-corrected chi connectivity index (χ3v) is 4.09. The number of aryl methyl sites for hydroxylation is 1. The van der Waals surface area contributed by atoms with Crippen molar-refractivity contribution in [1.82, 2.24) is 4.98 Å². The molecule has 0 atom stereocenters. The molecule has 0 aliphatic carbocycles. The van der Waals surface area contributed by atoms with Gasteiger partial charge in [-0.2, -0.15) is 10.5 Å². The lowest BCUT2D eigenvalue weighted by atomic mass is 10.1. The summed E-state index contributed by atoms with van der Waals surface area (Å²) in [7, 11) is 0. The van der Waals surface area contributed by atoms with E-state index in [0.29, 0.717) is 0 Å². The Morgan fingerprint density at radius 3 is 2.43 bits per heavy atom. The molecule has 0 fully saturated rings. The van der Waals surface area contributed by atoms with E-state index in [9.17, 15) is 0 Å². The van der Waals surface area contributed by atoms with Crippen LogP contribution in [0.25, 0.3) is 16.2 Å². The quantitative estimate of drug-likeness (QED) is 0.844. The summed E-state index contributed by atoms with van der Waals surface area (Å²) in [6.07, 6.45) is 0. The summed E-state index contributed by atoms with van der Waals surface area (Å²) in [6.45, 7) is 3.97. The van der Waals surface area contributed by atoms with Gasteiger partial charge in [0.1, 0.15) is 17.7 Å². The first kappa shape index (κ1) is 15.0. The Bertz CT molecular complexity index is 727. The second kappa shape index (κ2) is 6.83. The van der Waals surface area contributed by atoms with Crippen molar-refractivity contribution in [1.29, 1.82) is 10.5 Å². The SMILES string of the molecule is CCSC(=C(C#N)C#N)c1cc(-c2ccccc2)[nH]c1C. The zero-order chi connectivity index (χ0) is 15.2. The Kier molecular flexibility index (Phi) is 4.87. The highest BCUT2D eigenvalue weighted by molar-refractivity contribution is 8.08. The fraction of sp³-hybridized carbons (Fsp3) is 0.176. The van der Waals surface area contributed by atoms with Crippen LogP contribution in [-0.2, 0) is 0 Å². The molecule has 0 spiro atoms. The van der Waals surface area contributed by atoms with Crippen molar-refractivity contribution in [2.45, 2.75) is 13.8 Å². The third-order valence-electron chi connectivity index (χ3n) is 3.08. The normalized spacial score (nSPS) is 9.71. The summed E-state index contributed by atoms with van der Waals surface area (Å²) in [5.74, 6) is 0.813. The van der Waals surface area contributed by atoms with Crippen molar-refractivity contribution in [3.8, 4) is 23.4 Å². The molecule has 0 radical (unpaired) electrons. The maximum Gasteiger partial charge on any atom is 0.143 e. The Morgan fingerprint density at radius 2 is 1.86 bits per heavy atom. The van der Waals surface area contributed by atoms with Gasteiger partial charge in [-0.1, -0.05) is 37.3 Å². The molecule has 21 heavy (non-hydrogen) atoms. The number of allylic oxidation sites excluding steroid dienone is 1. The third kappa shape index (κ3) is 3.18. The highest BCUT2D eigenvalue weighted by Crippen LogP contribution is 2.35. The van der Waals surface area contributed by atoms with Gasteiger partial charge >= 0.3 is 0 Å². The fourth-order valence-electron chi connectivity index (χ4n) is 2.12. The van der Waals surface area contributed by atoms with Crippen LogP contribution in [-0.4, -0.2) is 10.7 Å². The first-order valence-corrected chi connectivity index (χ1v) is 7.62. The van der Waals surface area contributed by atoms with Crippen LogP contribution in [0.4, 0.5) is 0 Å². The minimum Gasteiger partial charge on any atom is -0.358 e. The van der Waals surface area contributed by atoms with Crippen molar-refractivity contribution < 1.29 is 0 Å². The van der Waals surface area contributed by atoms with Crippen molar-refractivity contribution in [3.63, 3.8) is 0 Å². The average molecular weight is 293 g/mol. The largest absolute Gasteiger partial charge is 0.358 e. The molecule has 1 aromatic carbocycles. The van der Waals surface area contributed by atoms with Crippen molar-refractivity contribution >= 4 is 16.7 Å². The van der Waals surface area contributed by atoms with Gasteiger partial charge in [0.05, 0.1) is 0 Å². The molecule has 1 heterocycles. The summed E-state index contributed by atoms with van der Waals surface area (Å²) >= 11 is 1.52. The standard InChI is InChI=1S/C17H15N3S/c1-3-21-17(14(10-18)11-19)15-9-16(20-12(15)2)13-7-5-4-6-8-13/h4-9,20H,3H2,1-2H3. The summed E-state index contributed by atoms with van der Waals surface area (Å²) in [5, 5.41) is 18.3. The van der Waals surface area contributed by atoms with Crippen molar-refractivity contribution in [2.24, 2.45) is 0 Å². The first-order chi connectivity index (χ1) is 10.2. The van der Waals surface area contributed by atoms with Crippen LogP contribution in [0, 0.1) is 29.6 Å². The number of aromatic amines is 1. The number of aromatic nitrogens is 1. The lowest BCUT2D eigenvalue weighted by molar-refractivity contribution is 1.26. The topological polar surface area (TPSA) is 63.4 Å². The van der Waals surface area contributed by atoms with Crippen molar-refractivity contribution in [2.75, 3.05) is 5.75 Å². The number of H-pyrrole nitrogens is 1. The maximum absolute atomic E-state index is 9.15. The van der Waals surface area contributed by atoms with Crippen LogP contribution in [0.15, 0.2) is 42.0 Å². The molecule has 0 unspecified atom stereocenters. The van der Waals surface area contributed by atoms with E-state index in [0.717, 1.165) is 33.2 Å².